The Morgan fingerprint density at radius 1 is 0.787 bits per heavy atom. The van der Waals surface area contributed by atoms with E-state index in [1.54, 1.807) is 41.3 Å². The van der Waals surface area contributed by atoms with Gasteiger partial charge in [0, 0.05) is 19.0 Å². The molecule has 1 atom stereocenters. The van der Waals surface area contributed by atoms with Crippen LogP contribution >= 0.6 is 0 Å². The van der Waals surface area contributed by atoms with Crippen molar-refractivity contribution in [3.05, 3.63) is 131 Å². The van der Waals surface area contributed by atoms with E-state index in [9.17, 15) is 18.0 Å². The number of anilines is 1. The monoisotopic (exact) mass is 651 g/mol. The zero-order valence-electron chi connectivity index (χ0n) is 27.6. The Labute approximate surface area is 279 Å². The van der Waals surface area contributed by atoms with Crippen molar-refractivity contribution < 1.29 is 18.0 Å². The highest BCUT2D eigenvalue weighted by Gasteiger charge is 2.36. The molecule has 0 aromatic heterocycles. The van der Waals surface area contributed by atoms with Crippen LogP contribution < -0.4 is 9.62 Å². The topological polar surface area (TPSA) is 86.8 Å². The van der Waals surface area contributed by atoms with Gasteiger partial charge in [-0.05, 0) is 68.0 Å². The number of hydrogen-bond acceptors (Lipinski definition) is 4. The van der Waals surface area contributed by atoms with Crippen molar-refractivity contribution in [3.63, 3.8) is 0 Å². The van der Waals surface area contributed by atoms with E-state index in [2.05, 4.69) is 5.32 Å². The maximum atomic E-state index is 14.7. The van der Waals surface area contributed by atoms with E-state index in [-0.39, 0.29) is 23.4 Å². The molecule has 1 saturated carbocycles. The van der Waals surface area contributed by atoms with Crippen LogP contribution in [0.1, 0.15) is 60.4 Å². The molecule has 0 spiro atoms. The number of aryl methyl sites for hydroxylation is 3. The smallest absolute Gasteiger partial charge is 0.264 e. The summed E-state index contributed by atoms with van der Waals surface area (Å²) in [4.78, 5) is 30.6. The fourth-order valence-corrected chi connectivity index (χ4v) is 7.67. The highest BCUT2D eigenvalue weighted by Crippen LogP contribution is 2.29. The van der Waals surface area contributed by atoms with Gasteiger partial charge in [0.15, 0.2) is 0 Å². The fraction of sp³-hybridized carbons (Fsp3) is 0.333. The van der Waals surface area contributed by atoms with Crippen LogP contribution in [0.4, 0.5) is 5.69 Å². The van der Waals surface area contributed by atoms with Crippen LogP contribution in [0, 0.1) is 13.8 Å². The largest absolute Gasteiger partial charge is 0.352 e. The van der Waals surface area contributed by atoms with Crippen molar-refractivity contribution in [2.45, 2.75) is 82.8 Å². The van der Waals surface area contributed by atoms with E-state index in [0.717, 1.165) is 53.5 Å². The SMILES string of the molecule is CCc1ccccc1N(CC(=O)N(Cc1ccc(C)cc1)C(Cc1ccccc1)C(=O)NC1CCCC1)S(=O)(=O)c1ccc(C)cc1. The van der Waals surface area contributed by atoms with Crippen LogP contribution in [0.15, 0.2) is 108 Å². The van der Waals surface area contributed by atoms with Crippen LogP contribution in [-0.2, 0) is 39.0 Å². The molecule has 0 bridgehead atoms. The zero-order chi connectivity index (χ0) is 33.4. The standard InChI is InChI=1S/C39H45N3O4S/c1-4-33-14-8-11-17-36(33)42(47(45,46)35-24-20-30(3)21-25-35)28-38(43)41(27-32-22-18-29(2)19-23-32)37(26-31-12-6-5-7-13-31)39(44)40-34-15-9-10-16-34/h5-8,11-14,17-25,34,37H,4,9-10,15-16,26-28H2,1-3H3,(H,40,44). The Balaban J connectivity index is 1.58. The second-order valence-electron chi connectivity index (χ2n) is 12.5. The molecule has 47 heavy (non-hydrogen) atoms. The lowest BCUT2D eigenvalue weighted by atomic mass is 10.0. The third-order valence-electron chi connectivity index (χ3n) is 8.98. The first-order chi connectivity index (χ1) is 22.7. The molecule has 8 heteroatoms. The molecule has 1 unspecified atom stereocenters. The van der Waals surface area contributed by atoms with Gasteiger partial charge in [-0.1, -0.05) is 116 Å². The molecule has 4 aromatic carbocycles. The number of carbonyl (C=O) groups excluding carboxylic acids is 2. The van der Waals surface area contributed by atoms with Crippen molar-refractivity contribution in [1.29, 1.82) is 0 Å². The maximum absolute atomic E-state index is 14.7. The first kappa shape index (κ1) is 33.9. The summed E-state index contributed by atoms with van der Waals surface area (Å²) in [6, 6.07) is 30.7. The Morgan fingerprint density at radius 3 is 2.02 bits per heavy atom. The predicted molar refractivity (Wildman–Crippen MR) is 188 cm³/mol. The Kier molecular flexibility index (Phi) is 11.1. The van der Waals surface area contributed by atoms with Crippen LogP contribution in [0.5, 0.6) is 0 Å². The quantitative estimate of drug-likeness (QED) is 0.173. The van der Waals surface area contributed by atoms with Gasteiger partial charge in [0.05, 0.1) is 10.6 Å². The van der Waals surface area contributed by atoms with Crippen molar-refractivity contribution >= 4 is 27.5 Å². The summed E-state index contributed by atoms with van der Waals surface area (Å²) < 4.78 is 30.0. The van der Waals surface area contributed by atoms with Crippen molar-refractivity contribution in [3.8, 4) is 0 Å². The second kappa shape index (κ2) is 15.4. The summed E-state index contributed by atoms with van der Waals surface area (Å²) in [6.07, 6.45) is 4.81. The highest BCUT2D eigenvalue weighted by atomic mass is 32.2. The minimum Gasteiger partial charge on any atom is -0.352 e. The number of rotatable bonds is 13. The number of hydrogen-bond donors (Lipinski definition) is 1. The first-order valence-corrected chi connectivity index (χ1v) is 18.0. The van der Waals surface area contributed by atoms with Gasteiger partial charge in [0.1, 0.15) is 12.6 Å². The van der Waals surface area contributed by atoms with Crippen molar-refractivity contribution in [2.75, 3.05) is 10.8 Å². The number of sulfonamides is 1. The average molecular weight is 652 g/mol. The van der Waals surface area contributed by atoms with Gasteiger partial charge in [0.2, 0.25) is 11.8 Å². The van der Waals surface area contributed by atoms with Gasteiger partial charge in [-0.3, -0.25) is 13.9 Å². The molecule has 4 aromatic rings. The third-order valence-corrected chi connectivity index (χ3v) is 10.7. The second-order valence-corrected chi connectivity index (χ2v) is 14.4. The van der Waals surface area contributed by atoms with Crippen LogP contribution in [0.3, 0.4) is 0 Å². The van der Waals surface area contributed by atoms with E-state index >= 15 is 0 Å². The van der Waals surface area contributed by atoms with E-state index in [1.807, 2.05) is 87.5 Å². The first-order valence-electron chi connectivity index (χ1n) is 16.5. The summed E-state index contributed by atoms with van der Waals surface area (Å²) >= 11 is 0. The fourth-order valence-electron chi connectivity index (χ4n) is 6.22. The number of nitrogens with zero attached hydrogens (tertiary/aromatic N) is 2. The summed E-state index contributed by atoms with van der Waals surface area (Å²) in [6.45, 7) is 5.56. The normalized spacial score (nSPS) is 14.0. The van der Waals surface area contributed by atoms with E-state index in [0.29, 0.717) is 18.5 Å². The van der Waals surface area contributed by atoms with Crippen molar-refractivity contribution in [1.82, 2.24) is 10.2 Å². The van der Waals surface area contributed by atoms with Gasteiger partial charge in [-0.15, -0.1) is 0 Å². The molecule has 1 N–H and O–H groups in total. The molecule has 2 amide bonds. The molecule has 0 saturated heterocycles. The number of carbonyl (C=O) groups is 2. The molecule has 1 aliphatic carbocycles. The zero-order valence-corrected chi connectivity index (χ0v) is 28.4. The van der Waals surface area contributed by atoms with Crippen LogP contribution in [0.2, 0.25) is 0 Å². The summed E-state index contributed by atoms with van der Waals surface area (Å²) in [7, 11) is -4.15. The van der Waals surface area contributed by atoms with E-state index < -0.39 is 28.5 Å². The minimum absolute atomic E-state index is 0.0620. The molecule has 7 nitrogen and oxygen atoms in total. The summed E-state index contributed by atoms with van der Waals surface area (Å²) in [5.41, 5.74) is 5.05. The molecule has 0 radical (unpaired) electrons. The number of nitrogens with one attached hydrogen (secondary N) is 1. The molecule has 1 fully saturated rings. The lowest BCUT2D eigenvalue weighted by Crippen LogP contribution is -2.54. The molecule has 0 aliphatic heterocycles. The summed E-state index contributed by atoms with van der Waals surface area (Å²) in [5, 5.41) is 3.23. The highest BCUT2D eigenvalue weighted by molar-refractivity contribution is 7.92. The predicted octanol–water partition coefficient (Wildman–Crippen LogP) is 6.76. The maximum Gasteiger partial charge on any atom is 0.264 e. The van der Waals surface area contributed by atoms with Crippen molar-refractivity contribution in [2.24, 2.45) is 0 Å². The average Bonchev–Trinajstić information content (AvgIpc) is 3.59. The van der Waals surface area contributed by atoms with Gasteiger partial charge in [0.25, 0.3) is 10.0 Å². The number of amides is 2. The molecule has 1 aliphatic rings. The Morgan fingerprint density at radius 2 is 1.38 bits per heavy atom. The van der Waals surface area contributed by atoms with Gasteiger partial charge < -0.3 is 10.2 Å². The van der Waals surface area contributed by atoms with E-state index in [4.69, 9.17) is 0 Å². The molecule has 5 rings (SSSR count). The summed E-state index contributed by atoms with van der Waals surface area (Å²) in [5.74, 6) is -0.669. The van der Waals surface area contributed by atoms with Gasteiger partial charge in [-0.2, -0.15) is 0 Å². The molecule has 246 valence electrons. The van der Waals surface area contributed by atoms with Gasteiger partial charge in [-0.25, -0.2) is 8.42 Å². The molecule has 0 heterocycles. The van der Waals surface area contributed by atoms with Gasteiger partial charge >= 0.3 is 0 Å². The van der Waals surface area contributed by atoms with E-state index in [1.165, 1.54) is 4.31 Å². The lowest BCUT2D eigenvalue weighted by molar-refractivity contribution is -0.140. The molecular formula is C39H45N3O4S. The number of benzene rings is 4. The van der Waals surface area contributed by atoms with Crippen LogP contribution in [0.25, 0.3) is 0 Å². The minimum atomic E-state index is -4.15. The van der Waals surface area contributed by atoms with Crippen LogP contribution in [-0.4, -0.2) is 43.8 Å². The Hall–Kier alpha value is -4.43. The number of para-hydroxylation sites is 1. The molecular weight excluding hydrogens is 607 g/mol. The Bertz CT molecular complexity index is 1750. The lowest BCUT2D eigenvalue weighted by Gasteiger charge is -2.34. The third kappa shape index (κ3) is 8.49.